The Bertz CT molecular complexity index is 1390. The summed E-state index contributed by atoms with van der Waals surface area (Å²) in [4.78, 5) is 25.7. The number of nitroso groups, excluding NO2 is 1. The van der Waals surface area contributed by atoms with Gasteiger partial charge in [-0.1, -0.05) is 102 Å². The second-order valence-electron chi connectivity index (χ2n) is 11.2. The number of aliphatic hydroxyl groups is 3. The topological polar surface area (TPSA) is 120 Å². The molecule has 2 saturated heterocycles. The van der Waals surface area contributed by atoms with Crippen molar-refractivity contribution in [3.63, 3.8) is 0 Å². The van der Waals surface area contributed by atoms with Crippen LogP contribution in [0, 0.1) is 10.8 Å². The molecule has 2 fully saturated rings. The summed E-state index contributed by atoms with van der Waals surface area (Å²) in [5.74, 6) is 0.904. The molecular formula is C37H48N2O6. The number of para-hydroxylation sites is 1. The summed E-state index contributed by atoms with van der Waals surface area (Å²) in [6, 6.07) is 22.4. The molecule has 0 radical (unpaired) electrons. The maximum absolute atomic E-state index is 12.3. The smallest absolute Gasteiger partial charge is 0.230 e. The van der Waals surface area contributed by atoms with Crippen LogP contribution < -0.4 is 4.90 Å². The van der Waals surface area contributed by atoms with Crippen molar-refractivity contribution < 1.29 is 24.9 Å². The monoisotopic (exact) mass is 616 g/mol. The zero-order chi connectivity index (χ0) is 32.9. The van der Waals surface area contributed by atoms with Gasteiger partial charge in [-0.15, -0.1) is 4.91 Å². The minimum Gasteiger partial charge on any atom is -0.512 e. The number of hydrogen-bond donors (Lipinski definition) is 3. The molecule has 0 spiro atoms. The molecule has 242 valence electrons. The number of carbonyl (C=O) groups excluding carboxylic acids is 1. The van der Waals surface area contributed by atoms with E-state index in [-0.39, 0.29) is 24.2 Å². The fourth-order valence-electron chi connectivity index (χ4n) is 5.85. The molecule has 4 unspecified atom stereocenters. The molecule has 0 aliphatic carbocycles. The molecule has 0 saturated carbocycles. The van der Waals surface area contributed by atoms with E-state index >= 15 is 0 Å². The van der Waals surface area contributed by atoms with Crippen molar-refractivity contribution in [3.8, 4) is 11.1 Å². The van der Waals surface area contributed by atoms with E-state index in [4.69, 9.17) is 4.74 Å². The largest absolute Gasteiger partial charge is 0.512 e. The molecule has 45 heavy (non-hydrogen) atoms. The molecule has 3 aromatic rings. The van der Waals surface area contributed by atoms with Crippen molar-refractivity contribution in [2.24, 2.45) is 11.1 Å². The van der Waals surface area contributed by atoms with Crippen molar-refractivity contribution in [2.45, 2.75) is 97.5 Å². The lowest BCUT2D eigenvalue weighted by Gasteiger charge is -2.41. The van der Waals surface area contributed by atoms with Gasteiger partial charge in [-0.25, -0.2) is 0 Å². The second-order valence-corrected chi connectivity index (χ2v) is 11.2. The van der Waals surface area contributed by atoms with E-state index in [1.54, 1.807) is 11.0 Å². The van der Waals surface area contributed by atoms with Crippen molar-refractivity contribution in [1.82, 2.24) is 0 Å². The van der Waals surface area contributed by atoms with E-state index in [1.807, 2.05) is 87.5 Å². The Morgan fingerprint density at radius 3 is 2.11 bits per heavy atom. The van der Waals surface area contributed by atoms with Gasteiger partial charge in [-0.3, -0.25) is 4.79 Å². The first-order chi connectivity index (χ1) is 21.8. The molecular weight excluding hydrogens is 568 g/mol. The zero-order valence-electron chi connectivity index (χ0n) is 27.1. The van der Waals surface area contributed by atoms with Crippen LogP contribution in [0.1, 0.15) is 96.4 Å². The predicted octanol–water partition coefficient (Wildman–Crippen LogP) is 9.06. The van der Waals surface area contributed by atoms with Gasteiger partial charge in [0.2, 0.25) is 5.91 Å². The predicted molar refractivity (Wildman–Crippen MR) is 180 cm³/mol. The van der Waals surface area contributed by atoms with Crippen LogP contribution in [0.5, 0.6) is 0 Å². The minimum atomic E-state index is -0.570. The van der Waals surface area contributed by atoms with Crippen molar-refractivity contribution in [2.75, 3.05) is 4.90 Å². The quantitative estimate of drug-likeness (QED) is 0.125. The summed E-state index contributed by atoms with van der Waals surface area (Å²) in [7, 11) is 0. The summed E-state index contributed by atoms with van der Waals surface area (Å²) in [6.45, 7) is 10.3. The molecule has 2 heterocycles. The molecule has 4 atom stereocenters. The van der Waals surface area contributed by atoms with E-state index in [2.05, 4.69) is 19.0 Å². The number of anilines is 1. The van der Waals surface area contributed by atoms with Gasteiger partial charge in [0.15, 0.2) is 0 Å². The maximum atomic E-state index is 12.3. The highest BCUT2D eigenvalue weighted by Gasteiger charge is 2.39. The molecule has 0 aromatic heterocycles. The first-order valence-corrected chi connectivity index (χ1v) is 16.1. The summed E-state index contributed by atoms with van der Waals surface area (Å²) >= 11 is 0. The van der Waals surface area contributed by atoms with E-state index in [0.29, 0.717) is 36.6 Å². The normalized spacial score (nSPS) is 20.6. The van der Waals surface area contributed by atoms with E-state index in [1.165, 1.54) is 0 Å². The Balaban J connectivity index is 0.000000435. The van der Waals surface area contributed by atoms with Gasteiger partial charge in [0, 0.05) is 24.1 Å². The van der Waals surface area contributed by atoms with Gasteiger partial charge >= 0.3 is 0 Å². The number of ether oxygens (including phenoxy) is 1. The Morgan fingerprint density at radius 1 is 0.933 bits per heavy atom. The van der Waals surface area contributed by atoms with E-state index < -0.39 is 6.10 Å². The van der Waals surface area contributed by atoms with Gasteiger partial charge in [0.25, 0.3) is 0 Å². The van der Waals surface area contributed by atoms with Crippen LogP contribution in [0.3, 0.4) is 0 Å². The first-order valence-electron chi connectivity index (χ1n) is 16.1. The molecule has 3 N–H and O–H groups in total. The van der Waals surface area contributed by atoms with Gasteiger partial charge < -0.3 is 25.0 Å². The van der Waals surface area contributed by atoms with Gasteiger partial charge in [-0.05, 0) is 52.4 Å². The third-order valence-electron chi connectivity index (χ3n) is 8.46. The molecule has 8 heteroatoms. The zero-order valence-corrected chi connectivity index (χ0v) is 27.1. The third-order valence-corrected chi connectivity index (χ3v) is 8.46. The van der Waals surface area contributed by atoms with E-state index in [9.17, 15) is 25.0 Å². The average molecular weight is 617 g/mol. The van der Waals surface area contributed by atoms with Crippen LogP contribution in [-0.4, -0.2) is 33.4 Å². The van der Waals surface area contributed by atoms with Crippen molar-refractivity contribution in [1.29, 1.82) is 0 Å². The fraction of sp³-hybridized carbons (Fsp3) is 0.432. The lowest BCUT2D eigenvalue weighted by atomic mass is 9.90. The number of β-lactam (4-membered cyclic amide) rings is 1. The lowest BCUT2D eigenvalue weighted by Crippen LogP contribution is -2.46. The Morgan fingerprint density at radius 2 is 1.58 bits per heavy atom. The summed E-state index contributed by atoms with van der Waals surface area (Å²) in [5.41, 5.74) is 4.47. The number of rotatable bonds is 9. The average Bonchev–Trinajstić information content (AvgIpc) is 3.08. The number of amides is 1. The fourth-order valence-corrected chi connectivity index (χ4v) is 5.85. The second kappa shape index (κ2) is 17.5. The molecule has 3 aromatic carbocycles. The Kier molecular flexibility index (Phi) is 13.8. The number of carbonyl (C=O) groups is 1. The SMILES string of the molecule is CC.CCC(O)C(CC)CC.O=Nc1cc(-c2ccc(C3CC(O)C/C(=C\O)O3)cc2)ccc1C1CC(=O)N1c1ccccc1. The van der Waals surface area contributed by atoms with Crippen LogP contribution in [0.15, 0.2) is 90.0 Å². The Labute approximate surface area is 267 Å². The number of aliphatic hydroxyl groups excluding tert-OH is 3. The number of nitrogens with zero attached hydrogens (tertiary/aromatic N) is 2. The highest BCUT2D eigenvalue weighted by molar-refractivity contribution is 6.01. The van der Waals surface area contributed by atoms with Crippen LogP contribution in [-0.2, 0) is 9.53 Å². The van der Waals surface area contributed by atoms with Crippen molar-refractivity contribution >= 4 is 17.3 Å². The van der Waals surface area contributed by atoms with Gasteiger partial charge in [0.05, 0.1) is 24.7 Å². The summed E-state index contributed by atoms with van der Waals surface area (Å²) < 4.78 is 5.75. The number of benzene rings is 3. The van der Waals surface area contributed by atoms with Crippen LogP contribution in [0.2, 0.25) is 0 Å². The first kappa shape index (κ1) is 35.5. The standard InChI is InChI=1S/C27H24N2O5.C8H18O.C2H6/c30-16-22-13-21(31)14-26(34-22)18-8-6-17(7-9-18)19-10-11-23(24(12-19)28-33)25-15-27(32)29(25)20-4-2-1-3-5-20;1-4-7(5-2)8(9)6-3;1-2/h1-12,16,21,25-26,30-31H,13-15H2;7-9H,4-6H2,1-3H3;1-2H3/b22-16+;;. The number of hydrogen-bond acceptors (Lipinski definition) is 7. The minimum absolute atomic E-state index is 0.0157. The molecule has 0 bridgehead atoms. The Hall–Kier alpha value is -4.01. The molecule has 5 rings (SSSR count). The van der Waals surface area contributed by atoms with Crippen LogP contribution in [0.25, 0.3) is 11.1 Å². The molecule has 2 aliphatic heterocycles. The maximum Gasteiger partial charge on any atom is 0.230 e. The van der Waals surface area contributed by atoms with E-state index in [0.717, 1.165) is 53.5 Å². The van der Waals surface area contributed by atoms with Gasteiger partial charge in [0.1, 0.15) is 23.8 Å². The van der Waals surface area contributed by atoms with Crippen LogP contribution in [0.4, 0.5) is 11.4 Å². The van der Waals surface area contributed by atoms with Crippen molar-refractivity contribution in [3.05, 3.63) is 101 Å². The molecule has 8 nitrogen and oxygen atoms in total. The third kappa shape index (κ3) is 8.80. The highest BCUT2D eigenvalue weighted by atomic mass is 16.5. The van der Waals surface area contributed by atoms with Crippen LogP contribution >= 0.6 is 0 Å². The highest BCUT2D eigenvalue weighted by Crippen LogP contribution is 2.43. The summed E-state index contributed by atoms with van der Waals surface area (Å²) in [6.07, 6.45) is 4.10. The van der Waals surface area contributed by atoms with Gasteiger partial charge in [-0.2, -0.15) is 0 Å². The lowest BCUT2D eigenvalue weighted by molar-refractivity contribution is -0.124. The summed E-state index contributed by atoms with van der Waals surface area (Å²) in [5, 5.41) is 31.9. The molecule has 2 aliphatic rings. The molecule has 1 amide bonds.